The Morgan fingerprint density at radius 2 is 2.00 bits per heavy atom. The number of piperidine rings is 1. The van der Waals surface area contributed by atoms with Crippen molar-refractivity contribution < 1.29 is 0 Å². The van der Waals surface area contributed by atoms with Crippen molar-refractivity contribution in [3.8, 4) is 0 Å². The van der Waals surface area contributed by atoms with Crippen LogP contribution in [0.1, 0.15) is 25.6 Å². The van der Waals surface area contributed by atoms with Crippen LogP contribution < -0.4 is 10.2 Å². The van der Waals surface area contributed by atoms with Gasteiger partial charge in [0.25, 0.3) is 0 Å². The second-order valence-electron chi connectivity index (χ2n) is 6.06. The van der Waals surface area contributed by atoms with Crippen molar-refractivity contribution in [2.75, 3.05) is 50.5 Å². The van der Waals surface area contributed by atoms with Crippen molar-refractivity contribution in [3.05, 3.63) is 11.9 Å². The molecule has 0 aliphatic carbocycles. The zero-order chi connectivity index (χ0) is 14.5. The predicted molar refractivity (Wildman–Crippen MR) is 84.4 cm³/mol. The van der Waals surface area contributed by atoms with E-state index in [2.05, 4.69) is 52.2 Å². The molecular weight excluding hydrogens is 250 g/mol. The highest BCUT2D eigenvalue weighted by molar-refractivity contribution is 5.49. The zero-order valence-corrected chi connectivity index (χ0v) is 13.2. The lowest BCUT2D eigenvalue weighted by atomic mass is 9.99. The van der Waals surface area contributed by atoms with Gasteiger partial charge in [0.2, 0.25) is 0 Å². The number of hydrogen-bond acceptors (Lipinski definition) is 5. The molecule has 1 aliphatic heterocycles. The average Bonchev–Trinajstić information content (AvgIpc) is 2.38. The summed E-state index contributed by atoms with van der Waals surface area (Å²) < 4.78 is 0. The van der Waals surface area contributed by atoms with E-state index in [1.165, 1.54) is 12.8 Å². The normalized spacial score (nSPS) is 16.8. The minimum atomic E-state index is 0.840. The lowest BCUT2D eigenvalue weighted by Gasteiger charge is -2.31. The fraction of sp³-hybridized carbons (Fsp3) is 0.733. The molecule has 0 saturated carbocycles. The Balaban J connectivity index is 2.00. The molecule has 2 heterocycles. The highest BCUT2D eigenvalue weighted by atomic mass is 15.2. The first kappa shape index (κ1) is 15.0. The maximum atomic E-state index is 4.59. The molecule has 0 aromatic carbocycles. The topological polar surface area (TPSA) is 44.3 Å². The van der Waals surface area contributed by atoms with E-state index < -0.39 is 0 Å². The Morgan fingerprint density at radius 3 is 2.65 bits per heavy atom. The number of nitrogens with zero attached hydrogens (tertiary/aromatic N) is 4. The third-order valence-electron chi connectivity index (χ3n) is 3.80. The number of aromatic nitrogens is 2. The van der Waals surface area contributed by atoms with E-state index in [9.17, 15) is 0 Å². The molecule has 0 bridgehead atoms. The molecule has 0 spiro atoms. The van der Waals surface area contributed by atoms with Gasteiger partial charge in [0.15, 0.2) is 0 Å². The van der Waals surface area contributed by atoms with Crippen molar-refractivity contribution >= 4 is 11.6 Å². The molecule has 1 N–H and O–H groups in total. The number of rotatable bonds is 5. The van der Waals surface area contributed by atoms with Crippen LogP contribution in [-0.2, 0) is 0 Å². The van der Waals surface area contributed by atoms with E-state index in [-0.39, 0.29) is 0 Å². The van der Waals surface area contributed by atoms with Gasteiger partial charge in [-0.1, -0.05) is 6.92 Å². The predicted octanol–water partition coefficient (Wildman–Crippen LogP) is 1.99. The molecule has 2 rings (SSSR count). The van der Waals surface area contributed by atoms with Gasteiger partial charge in [-0.15, -0.1) is 0 Å². The molecule has 1 aromatic rings. The van der Waals surface area contributed by atoms with Gasteiger partial charge in [-0.3, -0.25) is 0 Å². The molecule has 5 nitrogen and oxygen atoms in total. The van der Waals surface area contributed by atoms with Crippen molar-refractivity contribution in [3.63, 3.8) is 0 Å². The largest absolute Gasteiger partial charge is 0.369 e. The van der Waals surface area contributed by atoms with Gasteiger partial charge in [0.05, 0.1) is 0 Å². The first-order valence-electron chi connectivity index (χ1n) is 7.54. The lowest BCUT2D eigenvalue weighted by molar-refractivity contribution is 0.425. The van der Waals surface area contributed by atoms with Crippen molar-refractivity contribution in [2.24, 2.45) is 5.92 Å². The summed E-state index contributed by atoms with van der Waals surface area (Å²) in [5.41, 5.74) is 0. The van der Waals surface area contributed by atoms with Gasteiger partial charge in [-0.2, -0.15) is 0 Å². The standard InChI is InChI=1S/C15H27N5/c1-12-5-8-20(9-6-12)15-11-14(17-13(2)18-15)16-7-10-19(3)4/h11-12H,5-10H2,1-4H3,(H,16,17,18). The van der Waals surface area contributed by atoms with Crippen LogP contribution in [0.5, 0.6) is 0 Å². The molecule has 0 atom stereocenters. The van der Waals surface area contributed by atoms with Crippen LogP contribution in [0.2, 0.25) is 0 Å². The van der Waals surface area contributed by atoms with Crippen molar-refractivity contribution in [1.29, 1.82) is 0 Å². The molecule has 1 fully saturated rings. The molecule has 112 valence electrons. The number of nitrogens with one attached hydrogen (secondary N) is 1. The minimum Gasteiger partial charge on any atom is -0.369 e. The molecule has 0 amide bonds. The third kappa shape index (κ3) is 4.34. The monoisotopic (exact) mass is 277 g/mol. The van der Waals surface area contributed by atoms with E-state index in [0.717, 1.165) is 49.6 Å². The Hall–Kier alpha value is -1.36. The number of likely N-dealkylation sites (N-methyl/N-ethyl adjacent to an activating group) is 1. The van der Waals surface area contributed by atoms with Crippen LogP contribution in [0.4, 0.5) is 11.6 Å². The Kier molecular flexibility index (Phi) is 5.17. The van der Waals surface area contributed by atoms with Crippen molar-refractivity contribution in [2.45, 2.75) is 26.7 Å². The van der Waals surface area contributed by atoms with Crippen molar-refractivity contribution in [1.82, 2.24) is 14.9 Å². The third-order valence-corrected chi connectivity index (χ3v) is 3.80. The summed E-state index contributed by atoms with van der Waals surface area (Å²) in [6.07, 6.45) is 2.51. The quantitative estimate of drug-likeness (QED) is 0.892. The molecule has 1 saturated heterocycles. The summed E-state index contributed by atoms with van der Waals surface area (Å²) in [5, 5.41) is 3.39. The smallest absolute Gasteiger partial charge is 0.134 e. The summed E-state index contributed by atoms with van der Waals surface area (Å²) in [7, 11) is 4.15. The molecule has 5 heteroatoms. The van der Waals surface area contributed by atoms with Gasteiger partial charge in [0, 0.05) is 32.2 Å². The number of anilines is 2. The number of aryl methyl sites for hydroxylation is 1. The molecule has 20 heavy (non-hydrogen) atoms. The number of hydrogen-bond donors (Lipinski definition) is 1. The molecule has 0 radical (unpaired) electrons. The van der Waals surface area contributed by atoms with Crippen LogP contribution in [0.15, 0.2) is 6.07 Å². The Labute approximate surface area is 122 Å². The highest BCUT2D eigenvalue weighted by Gasteiger charge is 2.17. The van der Waals surface area contributed by atoms with E-state index in [1.54, 1.807) is 0 Å². The van der Waals surface area contributed by atoms with E-state index in [4.69, 9.17) is 0 Å². The second kappa shape index (κ2) is 6.88. The highest BCUT2D eigenvalue weighted by Crippen LogP contribution is 2.22. The summed E-state index contributed by atoms with van der Waals surface area (Å²) >= 11 is 0. The van der Waals surface area contributed by atoms with Crippen LogP contribution >= 0.6 is 0 Å². The molecule has 1 aromatic heterocycles. The van der Waals surface area contributed by atoms with Crippen LogP contribution in [-0.4, -0.2) is 55.1 Å². The van der Waals surface area contributed by atoms with Gasteiger partial charge in [-0.05, 0) is 39.8 Å². The fourth-order valence-corrected chi connectivity index (χ4v) is 2.45. The SMILES string of the molecule is Cc1nc(NCCN(C)C)cc(N2CCC(C)CC2)n1. The van der Waals surface area contributed by atoms with Crippen LogP contribution in [0.25, 0.3) is 0 Å². The van der Waals surface area contributed by atoms with E-state index >= 15 is 0 Å². The summed E-state index contributed by atoms with van der Waals surface area (Å²) in [6.45, 7) is 8.41. The molecule has 1 aliphatic rings. The maximum absolute atomic E-state index is 4.59. The first-order chi connectivity index (χ1) is 9.54. The van der Waals surface area contributed by atoms with E-state index in [0.29, 0.717) is 0 Å². The van der Waals surface area contributed by atoms with Gasteiger partial charge in [-0.25, -0.2) is 9.97 Å². The maximum Gasteiger partial charge on any atom is 0.134 e. The van der Waals surface area contributed by atoms with Crippen LogP contribution in [0, 0.1) is 12.8 Å². The first-order valence-corrected chi connectivity index (χ1v) is 7.54. The summed E-state index contributed by atoms with van der Waals surface area (Å²) in [4.78, 5) is 13.6. The van der Waals surface area contributed by atoms with Gasteiger partial charge < -0.3 is 15.1 Å². The minimum absolute atomic E-state index is 0.840. The second-order valence-corrected chi connectivity index (χ2v) is 6.06. The van der Waals surface area contributed by atoms with Gasteiger partial charge in [0.1, 0.15) is 17.5 Å². The molecular formula is C15H27N5. The summed E-state index contributed by atoms with van der Waals surface area (Å²) in [5.74, 6) is 3.69. The zero-order valence-electron chi connectivity index (χ0n) is 13.2. The Bertz CT molecular complexity index is 424. The van der Waals surface area contributed by atoms with Crippen LogP contribution in [0.3, 0.4) is 0 Å². The lowest BCUT2D eigenvalue weighted by Crippen LogP contribution is -2.33. The van der Waals surface area contributed by atoms with E-state index in [1.807, 2.05) is 6.92 Å². The Morgan fingerprint density at radius 1 is 1.30 bits per heavy atom. The summed E-state index contributed by atoms with van der Waals surface area (Å²) in [6, 6.07) is 2.08. The fourth-order valence-electron chi connectivity index (χ4n) is 2.45. The van der Waals surface area contributed by atoms with Gasteiger partial charge >= 0.3 is 0 Å². The average molecular weight is 277 g/mol. The molecule has 0 unspecified atom stereocenters.